The molecule has 0 saturated carbocycles. The van der Waals surface area contributed by atoms with Crippen LogP contribution in [0.3, 0.4) is 0 Å². The summed E-state index contributed by atoms with van der Waals surface area (Å²) in [5, 5.41) is 15.7. The fourth-order valence-electron chi connectivity index (χ4n) is 4.42. The minimum atomic E-state index is -0.924. The molecule has 0 aliphatic heterocycles. The van der Waals surface area contributed by atoms with Crippen molar-refractivity contribution in [3.8, 4) is 11.1 Å². The molecule has 1 N–H and O–H groups in total. The SMILES string of the molecule is Cn1c2ccccc2c2cc(-c3c(C(C)(C)O)ccc4ccccc34)ccc21. The maximum absolute atomic E-state index is 10.9. The molecule has 4 aromatic carbocycles. The Morgan fingerprint density at radius 2 is 1.39 bits per heavy atom. The van der Waals surface area contributed by atoms with E-state index < -0.39 is 5.60 Å². The molecule has 0 aliphatic rings. The molecule has 0 amide bonds. The van der Waals surface area contributed by atoms with Gasteiger partial charge in [0.2, 0.25) is 0 Å². The van der Waals surface area contributed by atoms with Crippen molar-refractivity contribution in [3.63, 3.8) is 0 Å². The molecule has 0 saturated heterocycles. The summed E-state index contributed by atoms with van der Waals surface area (Å²) < 4.78 is 2.24. The maximum atomic E-state index is 10.9. The molecule has 0 spiro atoms. The molecule has 0 radical (unpaired) electrons. The first-order valence-electron chi connectivity index (χ1n) is 9.67. The minimum Gasteiger partial charge on any atom is -0.386 e. The van der Waals surface area contributed by atoms with Crippen LogP contribution in [0.5, 0.6) is 0 Å². The van der Waals surface area contributed by atoms with Gasteiger partial charge in [0.15, 0.2) is 0 Å². The maximum Gasteiger partial charge on any atom is 0.0846 e. The average Bonchev–Trinajstić information content (AvgIpc) is 2.98. The number of rotatable bonds is 2. The molecule has 1 aromatic heterocycles. The molecule has 2 nitrogen and oxygen atoms in total. The van der Waals surface area contributed by atoms with Crippen molar-refractivity contribution in [2.24, 2.45) is 7.05 Å². The monoisotopic (exact) mass is 365 g/mol. The van der Waals surface area contributed by atoms with Crippen LogP contribution in [-0.4, -0.2) is 9.67 Å². The van der Waals surface area contributed by atoms with Crippen molar-refractivity contribution in [2.75, 3.05) is 0 Å². The van der Waals surface area contributed by atoms with Crippen LogP contribution >= 0.6 is 0 Å². The third-order valence-electron chi connectivity index (χ3n) is 5.79. The largest absolute Gasteiger partial charge is 0.386 e. The second-order valence-electron chi connectivity index (χ2n) is 8.08. The van der Waals surface area contributed by atoms with Gasteiger partial charge in [-0.15, -0.1) is 0 Å². The zero-order valence-electron chi connectivity index (χ0n) is 16.4. The van der Waals surface area contributed by atoms with E-state index in [2.05, 4.69) is 90.5 Å². The molecule has 138 valence electrons. The summed E-state index contributed by atoms with van der Waals surface area (Å²) >= 11 is 0. The molecule has 5 aromatic rings. The summed E-state index contributed by atoms with van der Waals surface area (Å²) in [6.45, 7) is 3.72. The highest BCUT2D eigenvalue weighted by Gasteiger charge is 2.23. The van der Waals surface area contributed by atoms with E-state index in [9.17, 15) is 5.11 Å². The van der Waals surface area contributed by atoms with Gasteiger partial charge in [0.1, 0.15) is 0 Å². The Kier molecular flexibility index (Phi) is 3.62. The van der Waals surface area contributed by atoms with Gasteiger partial charge >= 0.3 is 0 Å². The van der Waals surface area contributed by atoms with Gasteiger partial charge in [0.25, 0.3) is 0 Å². The minimum absolute atomic E-state index is 0.924. The summed E-state index contributed by atoms with van der Waals surface area (Å²) in [4.78, 5) is 0. The Hall–Kier alpha value is -3.10. The summed E-state index contributed by atoms with van der Waals surface area (Å²) in [7, 11) is 2.12. The van der Waals surface area contributed by atoms with Gasteiger partial charge in [-0.05, 0) is 59.5 Å². The van der Waals surface area contributed by atoms with E-state index in [-0.39, 0.29) is 0 Å². The first-order chi connectivity index (χ1) is 13.4. The number of aromatic nitrogens is 1. The van der Waals surface area contributed by atoms with Crippen LogP contribution in [0.15, 0.2) is 78.9 Å². The molecule has 0 aliphatic carbocycles. The standard InChI is InChI=1S/C26H23NO/c1-26(2,28)22-14-12-17-8-4-5-9-19(17)25(22)18-13-15-24-21(16-18)20-10-6-7-11-23(20)27(24)3/h4-16,28H,1-3H3. The first kappa shape index (κ1) is 17.0. The van der Waals surface area contributed by atoms with E-state index in [0.717, 1.165) is 16.7 Å². The van der Waals surface area contributed by atoms with Gasteiger partial charge in [-0.2, -0.15) is 0 Å². The van der Waals surface area contributed by atoms with Gasteiger partial charge in [0.05, 0.1) is 5.60 Å². The van der Waals surface area contributed by atoms with Crippen LogP contribution in [0.2, 0.25) is 0 Å². The predicted molar refractivity (Wildman–Crippen MR) is 119 cm³/mol. The number of para-hydroxylation sites is 1. The van der Waals surface area contributed by atoms with Crippen LogP contribution in [0.25, 0.3) is 43.7 Å². The van der Waals surface area contributed by atoms with E-state index in [0.29, 0.717) is 0 Å². The summed E-state index contributed by atoms with van der Waals surface area (Å²) in [6, 6.07) is 27.7. The Balaban J connectivity index is 1.90. The molecular formula is C26H23NO. The van der Waals surface area contributed by atoms with E-state index >= 15 is 0 Å². The van der Waals surface area contributed by atoms with Crippen molar-refractivity contribution in [2.45, 2.75) is 19.4 Å². The van der Waals surface area contributed by atoms with Gasteiger partial charge < -0.3 is 9.67 Å². The number of hydrogen-bond acceptors (Lipinski definition) is 1. The lowest BCUT2D eigenvalue weighted by atomic mass is 9.85. The fourth-order valence-corrected chi connectivity index (χ4v) is 4.42. The fraction of sp³-hybridized carbons (Fsp3) is 0.154. The highest BCUT2D eigenvalue weighted by atomic mass is 16.3. The zero-order chi connectivity index (χ0) is 19.5. The van der Waals surface area contributed by atoms with Gasteiger partial charge in [0, 0.05) is 28.9 Å². The second kappa shape index (κ2) is 5.95. The summed E-state index contributed by atoms with van der Waals surface area (Å²) in [6.07, 6.45) is 0. The summed E-state index contributed by atoms with van der Waals surface area (Å²) in [5.74, 6) is 0. The van der Waals surface area contributed by atoms with Crippen LogP contribution in [-0.2, 0) is 12.6 Å². The highest BCUT2D eigenvalue weighted by molar-refractivity contribution is 6.10. The van der Waals surface area contributed by atoms with Crippen molar-refractivity contribution < 1.29 is 5.11 Å². The number of fused-ring (bicyclic) bond motifs is 4. The Bertz CT molecular complexity index is 1350. The average molecular weight is 365 g/mol. The molecule has 0 bridgehead atoms. The van der Waals surface area contributed by atoms with Gasteiger partial charge in [-0.25, -0.2) is 0 Å². The normalized spacial score (nSPS) is 12.3. The number of aryl methyl sites for hydroxylation is 1. The Morgan fingerprint density at radius 3 is 2.18 bits per heavy atom. The lowest BCUT2D eigenvalue weighted by Crippen LogP contribution is -2.17. The van der Waals surface area contributed by atoms with Crippen molar-refractivity contribution in [3.05, 3.63) is 84.4 Å². The van der Waals surface area contributed by atoms with Crippen LogP contribution < -0.4 is 0 Å². The molecule has 0 fully saturated rings. The van der Waals surface area contributed by atoms with E-state index in [4.69, 9.17) is 0 Å². The molecular weight excluding hydrogens is 342 g/mol. The van der Waals surface area contributed by atoms with Crippen LogP contribution in [0, 0.1) is 0 Å². The summed E-state index contributed by atoms with van der Waals surface area (Å²) in [5.41, 5.74) is 4.72. The second-order valence-corrected chi connectivity index (χ2v) is 8.08. The number of aliphatic hydroxyl groups is 1. The van der Waals surface area contributed by atoms with Crippen molar-refractivity contribution in [1.82, 2.24) is 4.57 Å². The molecule has 1 heterocycles. The lowest BCUT2D eigenvalue weighted by molar-refractivity contribution is 0.0793. The predicted octanol–water partition coefficient (Wildman–Crippen LogP) is 6.38. The first-order valence-corrected chi connectivity index (χ1v) is 9.67. The van der Waals surface area contributed by atoms with Crippen LogP contribution in [0.4, 0.5) is 0 Å². The third-order valence-corrected chi connectivity index (χ3v) is 5.79. The molecule has 0 unspecified atom stereocenters. The van der Waals surface area contributed by atoms with Gasteiger partial charge in [-0.1, -0.05) is 60.7 Å². The van der Waals surface area contributed by atoms with Crippen molar-refractivity contribution >= 4 is 32.6 Å². The molecule has 5 rings (SSSR count). The highest BCUT2D eigenvalue weighted by Crippen LogP contribution is 2.40. The Labute approximate surface area is 164 Å². The Morgan fingerprint density at radius 1 is 0.714 bits per heavy atom. The van der Waals surface area contributed by atoms with Crippen LogP contribution in [0.1, 0.15) is 19.4 Å². The number of hydrogen-bond donors (Lipinski definition) is 1. The van der Waals surface area contributed by atoms with E-state index in [1.54, 1.807) is 0 Å². The smallest absolute Gasteiger partial charge is 0.0846 e. The number of nitrogens with zero attached hydrogens (tertiary/aromatic N) is 1. The van der Waals surface area contributed by atoms with E-state index in [1.165, 1.54) is 32.6 Å². The van der Waals surface area contributed by atoms with E-state index in [1.807, 2.05) is 13.8 Å². The zero-order valence-corrected chi connectivity index (χ0v) is 16.4. The van der Waals surface area contributed by atoms with Gasteiger partial charge in [-0.3, -0.25) is 0 Å². The quantitative estimate of drug-likeness (QED) is 0.386. The molecule has 28 heavy (non-hydrogen) atoms. The van der Waals surface area contributed by atoms with Crippen molar-refractivity contribution in [1.29, 1.82) is 0 Å². The lowest BCUT2D eigenvalue weighted by Gasteiger charge is -2.23. The topological polar surface area (TPSA) is 25.2 Å². The number of benzene rings is 4. The molecule has 0 atom stereocenters. The third kappa shape index (κ3) is 2.45. The molecule has 2 heteroatoms.